The zero-order valence-electron chi connectivity index (χ0n) is 15.3. The first-order valence-corrected chi connectivity index (χ1v) is 8.64. The van der Waals surface area contributed by atoms with E-state index in [-0.39, 0.29) is 11.3 Å². The van der Waals surface area contributed by atoms with Crippen molar-refractivity contribution in [3.05, 3.63) is 34.9 Å². The third kappa shape index (κ3) is 6.79. The molecule has 134 valence electrons. The second-order valence-corrected chi connectivity index (χ2v) is 7.10. The SMILES string of the molecule is CCNC(=NCCNC(=O)C(C)(C)C)N(C)Cc1ccccc1Cl. The Morgan fingerprint density at radius 3 is 2.50 bits per heavy atom. The van der Waals surface area contributed by atoms with Crippen molar-refractivity contribution in [2.24, 2.45) is 10.4 Å². The van der Waals surface area contributed by atoms with Gasteiger partial charge in [0.05, 0.1) is 6.54 Å². The molecule has 0 atom stereocenters. The third-order valence-corrected chi connectivity index (χ3v) is 3.77. The van der Waals surface area contributed by atoms with E-state index in [9.17, 15) is 4.79 Å². The topological polar surface area (TPSA) is 56.7 Å². The van der Waals surface area contributed by atoms with Crippen LogP contribution in [0, 0.1) is 5.41 Å². The number of hydrogen-bond acceptors (Lipinski definition) is 2. The van der Waals surface area contributed by atoms with Gasteiger partial charge in [-0.25, -0.2) is 0 Å². The van der Waals surface area contributed by atoms with Crippen LogP contribution in [0.2, 0.25) is 5.02 Å². The van der Waals surface area contributed by atoms with Crippen LogP contribution < -0.4 is 10.6 Å². The number of carbonyl (C=O) groups is 1. The molecule has 0 spiro atoms. The summed E-state index contributed by atoms with van der Waals surface area (Å²) in [5.74, 6) is 0.828. The van der Waals surface area contributed by atoms with Crippen molar-refractivity contribution in [1.29, 1.82) is 0 Å². The van der Waals surface area contributed by atoms with Crippen LogP contribution in [-0.2, 0) is 11.3 Å². The van der Waals surface area contributed by atoms with Gasteiger partial charge < -0.3 is 15.5 Å². The number of halogens is 1. The molecule has 0 saturated heterocycles. The Balaban J connectivity index is 2.61. The molecule has 0 bridgehead atoms. The lowest BCUT2D eigenvalue weighted by Gasteiger charge is -2.23. The van der Waals surface area contributed by atoms with Crippen LogP contribution in [0.1, 0.15) is 33.3 Å². The van der Waals surface area contributed by atoms with E-state index in [1.54, 1.807) is 0 Å². The highest BCUT2D eigenvalue weighted by Crippen LogP contribution is 2.16. The number of rotatable bonds is 6. The normalized spacial score (nSPS) is 12.0. The Labute approximate surface area is 150 Å². The molecule has 1 amide bonds. The molecule has 0 aliphatic heterocycles. The molecule has 0 heterocycles. The lowest BCUT2D eigenvalue weighted by molar-refractivity contribution is -0.128. The lowest BCUT2D eigenvalue weighted by atomic mass is 9.96. The smallest absolute Gasteiger partial charge is 0.225 e. The summed E-state index contributed by atoms with van der Waals surface area (Å²) in [7, 11) is 1.97. The van der Waals surface area contributed by atoms with Gasteiger partial charge >= 0.3 is 0 Å². The Morgan fingerprint density at radius 1 is 1.25 bits per heavy atom. The summed E-state index contributed by atoms with van der Waals surface area (Å²) in [5.41, 5.74) is 0.669. The van der Waals surface area contributed by atoms with E-state index < -0.39 is 0 Å². The van der Waals surface area contributed by atoms with E-state index in [0.29, 0.717) is 19.6 Å². The standard InChI is InChI=1S/C18H29ClN4O/c1-6-20-17(22-12-11-21-16(24)18(2,3)4)23(5)13-14-9-7-8-10-15(14)19/h7-10H,6,11-13H2,1-5H3,(H,20,22)(H,21,24). The summed E-state index contributed by atoms with van der Waals surface area (Å²) in [6.45, 7) is 10.2. The highest BCUT2D eigenvalue weighted by molar-refractivity contribution is 6.31. The monoisotopic (exact) mass is 352 g/mol. The highest BCUT2D eigenvalue weighted by Gasteiger charge is 2.20. The van der Waals surface area contributed by atoms with Gasteiger partial charge in [0.15, 0.2) is 5.96 Å². The van der Waals surface area contributed by atoms with Crippen LogP contribution in [0.4, 0.5) is 0 Å². The largest absolute Gasteiger partial charge is 0.357 e. The summed E-state index contributed by atoms with van der Waals surface area (Å²) < 4.78 is 0. The lowest BCUT2D eigenvalue weighted by Crippen LogP contribution is -2.40. The zero-order valence-corrected chi connectivity index (χ0v) is 16.1. The Bertz CT molecular complexity index is 566. The van der Waals surface area contributed by atoms with Crippen molar-refractivity contribution in [1.82, 2.24) is 15.5 Å². The maximum absolute atomic E-state index is 11.8. The minimum absolute atomic E-state index is 0.0344. The first-order valence-electron chi connectivity index (χ1n) is 8.27. The summed E-state index contributed by atoms with van der Waals surface area (Å²) in [4.78, 5) is 18.4. The van der Waals surface area contributed by atoms with E-state index in [1.165, 1.54) is 0 Å². The van der Waals surface area contributed by atoms with Crippen LogP contribution in [0.3, 0.4) is 0 Å². The minimum atomic E-state index is -0.380. The van der Waals surface area contributed by atoms with Crippen molar-refractivity contribution in [3.8, 4) is 0 Å². The van der Waals surface area contributed by atoms with Gasteiger partial charge in [-0.05, 0) is 18.6 Å². The van der Waals surface area contributed by atoms with Gasteiger partial charge in [0.1, 0.15) is 0 Å². The molecule has 6 heteroatoms. The molecule has 1 rings (SSSR count). The molecule has 0 unspecified atom stereocenters. The van der Waals surface area contributed by atoms with Crippen molar-refractivity contribution < 1.29 is 4.79 Å². The average Bonchev–Trinajstić information content (AvgIpc) is 2.51. The van der Waals surface area contributed by atoms with E-state index in [0.717, 1.165) is 23.1 Å². The number of hydrogen-bond donors (Lipinski definition) is 2. The van der Waals surface area contributed by atoms with Gasteiger partial charge in [0.25, 0.3) is 0 Å². The van der Waals surface area contributed by atoms with E-state index in [4.69, 9.17) is 11.6 Å². The fourth-order valence-corrected chi connectivity index (χ4v) is 2.22. The summed E-state index contributed by atoms with van der Waals surface area (Å²) >= 11 is 6.22. The van der Waals surface area contributed by atoms with Crippen LogP contribution in [0.15, 0.2) is 29.3 Å². The van der Waals surface area contributed by atoms with Crippen LogP contribution in [-0.4, -0.2) is 43.4 Å². The van der Waals surface area contributed by atoms with E-state index in [1.807, 2.05) is 63.9 Å². The highest BCUT2D eigenvalue weighted by atomic mass is 35.5. The van der Waals surface area contributed by atoms with Gasteiger partial charge in [-0.3, -0.25) is 9.79 Å². The molecular weight excluding hydrogens is 324 g/mol. The fraction of sp³-hybridized carbons (Fsp3) is 0.556. The number of aliphatic imine (C=N–C) groups is 1. The number of amides is 1. The molecule has 1 aromatic carbocycles. The van der Waals surface area contributed by atoms with Crippen molar-refractivity contribution >= 4 is 23.5 Å². The number of carbonyl (C=O) groups excluding carboxylic acids is 1. The quantitative estimate of drug-likeness (QED) is 0.470. The van der Waals surface area contributed by atoms with Crippen molar-refractivity contribution in [2.45, 2.75) is 34.2 Å². The van der Waals surface area contributed by atoms with Crippen molar-refractivity contribution in [3.63, 3.8) is 0 Å². The molecule has 5 nitrogen and oxygen atoms in total. The molecule has 0 saturated carbocycles. The summed E-state index contributed by atoms with van der Waals surface area (Å²) in [6.07, 6.45) is 0. The molecule has 24 heavy (non-hydrogen) atoms. The van der Waals surface area contributed by atoms with Gasteiger partial charge in [-0.1, -0.05) is 50.6 Å². The summed E-state index contributed by atoms with van der Waals surface area (Å²) in [5, 5.41) is 6.91. The Morgan fingerprint density at radius 2 is 1.92 bits per heavy atom. The van der Waals surface area contributed by atoms with Crippen LogP contribution >= 0.6 is 11.6 Å². The zero-order chi connectivity index (χ0) is 18.2. The summed E-state index contributed by atoms with van der Waals surface area (Å²) in [6, 6.07) is 7.78. The predicted molar refractivity (Wildman–Crippen MR) is 101 cm³/mol. The molecule has 2 N–H and O–H groups in total. The van der Waals surface area contributed by atoms with E-state index >= 15 is 0 Å². The fourth-order valence-electron chi connectivity index (χ4n) is 2.02. The maximum atomic E-state index is 11.8. The molecular formula is C18H29ClN4O. The van der Waals surface area contributed by atoms with Gasteiger partial charge in [0.2, 0.25) is 5.91 Å². The van der Waals surface area contributed by atoms with E-state index in [2.05, 4.69) is 15.6 Å². The first kappa shape index (κ1) is 20.3. The van der Waals surface area contributed by atoms with Crippen molar-refractivity contribution in [2.75, 3.05) is 26.7 Å². The Kier molecular flexibility index (Phi) is 8.05. The van der Waals surface area contributed by atoms with Crippen LogP contribution in [0.25, 0.3) is 0 Å². The minimum Gasteiger partial charge on any atom is -0.357 e. The number of guanidine groups is 1. The number of nitrogens with zero attached hydrogens (tertiary/aromatic N) is 2. The molecule has 0 radical (unpaired) electrons. The van der Waals surface area contributed by atoms with Gasteiger partial charge in [-0.2, -0.15) is 0 Å². The number of nitrogens with one attached hydrogen (secondary N) is 2. The number of benzene rings is 1. The first-order chi connectivity index (χ1) is 11.3. The van der Waals surface area contributed by atoms with Gasteiger partial charge in [0, 0.05) is 37.1 Å². The third-order valence-electron chi connectivity index (χ3n) is 3.40. The second-order valence-electron chi connectivity index (χ2n) is 6.69. The average molecular weight is 353 g/mol. The molecule has 0 aliphatic carbocycles. The molecule has 0 fully saturated rings. The van der Waals surface area contributed by atoms with Crippen LogP contribution in [0.5, 0.6) is 0 Å². The molecule has 1 aromatic rings. The predicted octanol–water partition coefficient (Wildman–Crippen LogP) is 2.90. The molecule has 0 aromatic heterocycles. The van der Waals surface area contributed by atoms with Gasteiger partial charge in [-0.15, -0.1) is 0 Å². The Hall–Kier alpha value is -1.75. The molecule has 0 aliphatic rings. The second kappa shape index (κ2) is 9.52. The maximum Gasteiger partial charge on any atom is 0.225 e.